The highest BCUT2D eigenvalue weighted by atomic mass is 16.5. The van der Waals surface area contributed by atoms with E-state index >= 15 is 0 Å². The summed E-state index contributed by atoms with van der Waals surface area (Å²) in [5.74, 6) is 1.64. The number of pyridine rings is 1. The minimum absolute atomic E-state index is 0.242. The number of furan rings is 1. The Balaban J connectivity index is 1.59. The molecule has 0 saturated carbocycles. The third kappa shape index (κ3) is 3.91. The van der Waals surface area contributed by atoms with Gasteiger partial charge in [0.2, 0.25) is 5.88 Å². The zero-order valence-corrected chi connectivity index (χ0v) is 17.5. The number of carbonyl (C=O) groups is 1. The summed E-state index contributed by atoms with van der Waals surface area (Å²) in [6, 6.07) is 15.6. The number of carbonyl (C=O) groups excluding carboxylic acids is 1. The number of aryl methyl sites for hydroxylation is 3. The fourth-order valence-electron chi connectivity index (χ4n) is 3.46. The average molecular weight is 404 g/mol. The summed E-state index contributed by atoms with van der Waals surface area (Å²) < 4.78 is 13.1. The molecule has 7 heteroatoms. The number of benzene rings is 1. The number of ether oxygens (including phenoxy) is 1. The molecule has 0 aliphatic heterocycles. The van der Waals surface area contributed by atoms with Crippen LogP contribution in [0.15, 0.2) is 52.9 Å². The van der Waals surface area contributed by atoms with E-state index in [1.165, 1.54) is 0 Å². The van der Waals surface area contributed by atoms with Crippen LogP contribution >= 0.6 is 0 Å². The van der Waals surface area contributed by atoms with Gasteiger partial charge in [0.25, 0.3) is 5.91 Å². The lowest BCUT2D eigenvalue weighted by atomic mass is 10.0. The van der Waals surface area contributed by atoms with Gasteiger partial charge in [0.1, 0.15) is 11.5 Å². The van der Waals surface area contributed by atoms with Gasteiger partial charge in [-0.05, 0) is 44.0 Å². The molecule has 0 aliphatic rings. The molecule has 3 aromatic heterocycles. The number of hydrogen-bond donors (Lipinski definition) is 1. The SMILES string of the molecule is Cc1ccc(CNC(=O)[C@H](C)Oc2cc(-c3ccccc3)c3c(C)nn(C)c3n2)o1. The number of rotatable bonds is 6. The van der Waals surface area contributed by atoms with Crippen molar-refractivity contribution in [3.8, 4) is 17.0 Å². The number of fused-ring (bicyclic) bond motifs is 1. The fraction of sp³-hybridized carbons (Fsp3) is 0.261. The topological polar surface area (TPSA) is 82.2 Å². The first-order valence-electron chi connectivity index (χ1n) is 9.82. The standard InChI is InChI=1S/C23H24N4O3/c1-14-10-11-18(29-14)13-24-23(28)16(3)30-20-12-19(17-8-6-5-7-9-17)21-15(2)26-27(4)22(21)25-20/h5-12,16H,13H2,1-4H3,(H,24,28)/t16-/m0/s1. The minimum Gasteiger partial charge on any atom is -0.465 e. The molecule has 154 valence electrons. The molecular formula is C23H24N4O3. The summed E-state index contributed by atoms with van der Waals surface area (Å²) in [5, 5.41) is 8.31. The molecule has 0 fully saturated rings. The van der Waals surface area contributed by atoms with Crippen LogP contribution in [0, 0.1) is 13.8 Å². The van der Waals surface area contributed by atoms with Gasteiger partial charge in [-0.15, -0.1) is 0 Å². The van der Waals surface area contributed by atoms with Crippen molar-refractivity contribution in [2.24, 2.45) is 7.05 Å². The lowest BCUT2D eigenvalue weighted by molar-refractivity contribution is -0.127. The van der Waals surface area contributed by atoms with Crippen molar-refractivity contribution in [3.63, 3.8) is 0 Å². The third-order valence-corrected chi connectivity index (χ3v) is 4.93. The molecule has 0 bridgehead atoms. The summed E-state index contributed by atoms with van der Waals surface area (Å²) in [4.78, 5) is 17.1. The molecule has 4 rings (SSSR count). The van der Waals surface area contributed by atoms with Crippen LogP contribution in [0.3, 0.4) is 0 Å². The summed E-state index contributed by atoms with van der Waals surface area (Å²) in [6.45, 7) is 5.83. The molecule has 4 aromatic rings. The maximum atomic E-state index is 12.5. The van der Waals surface area contributed by atoms with Gasteiger partial charge in [0.15, 0.2) is 11.8 Å². The van der Waals surface area contributed by atoms with Gasteiger partial charge in [-0.3, -0.25) is 9.48 Å². The van der Waals surface area contributed by atoms with E-state index in [1.807, 2.05) is 69.4 Å². The first-order chi connectivity index (χ1) is 14.4. The van der Waals surface area contributed by atoms with E-state index in [0.29, 0.717) is 23.8 Å². The lowest BCUT2D eigenvalue weighted by Gasteiger charge is -2.15. The third-order valence-electron chi connectivity index (χ3n) is 4.93. The van der Waals surface area contributed by atoms with Crippen molar-refractivity contribution < 1.29 is 13.9 Å². The number of nitrogens with one attached hydrogen (secondary N) is 1. The van der Waals surface area contributed by atoms with E-state index in [0.717, 1.165) is 28.0 Å². The Hall–Kier alpha value is -3.61. The van der Waals surface area contributed by atoms with E-state index in [-0.39, 0.29) is 5.91 Å². The van der Waals surface area contributed by atoms with Crippen LogP contribution < -0.4 is 10.1 Å². The van der Waals surface area contributed by atoms with Crippen molar-refractivity contribution in [2.45, 2.75) is 33.4 Å². The van der Waals surface area contributed by atoms with Gasteiger partial charge in [-0.25, -0.2) is 0 Å². The largest absolute Gasteiger partial charge is 0.465 e. The van der Waals surface area contributed by atoms with E-state index in [2.05, 4.69) is 15.4 Å². The average Bonchev–Trinajstić information content (AvgIpc) is 3.28. The molecule has 3 heterocycles. The van der Waals surface area contributed by atoms with Crippen LogP contribution in [-0.4, -0.2) is 26.8 Å². The molecule has 0 saturated heterocycles. The summed E-state index contributed by atoms with van der Waals surface area (Å²) in [6.07, 6.45) is -0.719. The van der Waals surface area contributed by atoms with Gasteiger partial charge in [-0.1, -0.05) is 30.3 Å². The van der Waals surface area contributed by atoms with E-state index in [9.17, 15) is 4.79 Å². The smallest absolute Gasteiger partial charge is 0.261 e. The summed E-state index contributed by atoms with van der Waals surface area (Å²) in [7, 11) is 1.85. The Kier molecular flexibility index (Phi) is 5.27. The van der Waals surface area contributed by atoms with Gasteiger partial charge < -0.3 is 14.5 Å². The zero-order chi connectivity index (χ0) is 21.3. The maximum absolute atomic E-state index is 12.5. The monoisotopic (exact) mass is 404 g/mol. The predicted octanol–water partition coefficient (Wildman–Crippen LogP) is 3.93. The lowest BCUT2D eigenvalue weighted by Crippen LogP contribution is -2.36. The Morgan fingerprint density at radius 2 is 1.97 bits per heavy atom. The first kappa shape index (κ1) is 19.7. The normalized spacial score (nSPS) is 12.1. The highest BCUT2D eigenvalue weighted by molar-refractivity contribution is 5.95. The van der Waals surface area contributed by atoms with Crippen LogP contribution in [0.2, 0.25) is 0 Å². The summed E-state index contributed by atoms with van der Waals surface area (Å²) >= 11 is 0. The molecule has 1 N–H and O–H groups in total. The second-order valence-electron chi connectivity index (χ2n) is 7.27. The molecule has 7 nitrogen and oxygen atoms in total. The molecule has 1 aromatic carbocycles. The van der Waals surface area contributed by atoms with Gasteiger partial charge >= 0.3 is 0 Å². The van der Waals surface area contributed by atoms with E-state index < -0.39 is 6.10 Å². The molecule has 30 heavy (non-hydrogen) atoms. The molecule has 0 spiro atoms. The van der Waals surface area contributed by atoms with E-state index in [1.54, 1.807) is 11.6 Å². The van der Waals surface area contributed by atoms with Crippen LogP contribution in [0.4, 0.5) is 0 Å². The van der Waals surface area contributed by atoms with Crippen LogP contribution in [0.1, 0.15) is 24.1 Å². The molecule has 0 unspecified atom stereocenters. The second kappa shape index (κ2) is 8.02. The fourth-order valence-corrected chi connectivity index (χ4v) is 3.46. The van der Waals surface area contributed by atoms with Crippen molar-refractivity contribution >= 4 is 16.9 Å². The Labute approximate surface area is 174 Å². The van der Waals surface area contributed by atoms with Crippen molar-refractivity contribution in [2.75, 3.05) is 0 Å². The van der Waals surface area contributed by atoms with Crippen molar-refractivity contribution in [3.05, 3.63) is 65.7 Å². The molecule has 1 amide bonds. The Bertz CT molecular complexity index is 1190. The van der Waals surface area contributed by atoms with E-state index in [4.69, 9.17) is 9.15 Å². The highest BCUT2D eigenvalue weighted by Crippen LogP contribution is 2.33. The quantitative estimate of drug-likeness (QED) is 0.527. The maximum Gasteiger partial charge on any atom is 0.261 e. The first-order valence-corrected chi connectivity index (χ1v) is 9.82. The second-order valence-corrected chi connectivity index (χ2v) is 7.27. The number of nitrogens with zero attached hydrogens (tertiary/aromatic N) is 3. The summed E-state index contributed by atoms with van der Waals surface area (Å²) in [5.41, 5.74) is 3.61. The van der Waals surface area contributed by atoms with Crippen molar-refractivity contribution in [1.29, 1.82) is 0 Å². The van der Waals surface area contributed by atoms with Gasteiger partial charge in [-0.2, -0.15) is 10.1 Å². The molecular weight excluding hydrogens is 380 g/mol. The zero-order valence-electron chi connectivity index (χ0n) is 17.5. The number of hydrogen-bond acceptors (Lipinski definition) is 5. The van der Waals surface area contributed by atoms with Crippen LogP contribution in [0.5, 0.6) is 5.88 Å². The molecule has 0 aliphatic carbocycles. The number of aromatic nitrogens is 3. The molecule has 0 radical (unpaired) electrons. The number of amides is 1. The van der Waals surface area contributed by atoms with Gasteiger partial charge in [0.05, 0.1) is 17.6 Å². The highest BCUT2D eigenvalue weighted by Gasteiger charge is 2.19. The van der Waals surface area contributed by atoms with Crippen molar-refractivity contribution in [1.82, 2.24) is 20.1 Å². The van der Waals surface area contributed by atoms with Crippen LogP contribution in [0.25, 0.3) is 22.2 Å². The minimum atomic E-state index is -0.719. The Morgan fingerprint density at radius 1 is 1.20 bits per heavy atom. The Morgan fingerprint density at radius 3 is 2.67 bits per heavy atom. The van der Waals surface area contributed by atoms with Gasteiger partial charge in [0, 0.05) is 13.1 Å². The molecule has 1 atom stereocenters. The predicted molar refractivity (Wildman–Crippen MR) is 114 cm³/mol. The van der Waals surface area contributed by atoms with Crippen LogP contribution in [-0.2, 0) is 18.4 Å².